The summed E-state index contributed by atoms with van der Waals surface area (Å²) in [5, 5.41) is 13.9. The van der Waals surface area contributed by atoms with Gasteiger partial charge in [0.05, 0.1) is 11.6 Å². The smallest absolute Gasteiger partial charge is 0.136 e. The predicted octanol–water partition coefficient (Wildman–Crippen LogP) is 2.93. The third-order valence-electron chi connectivity index (χ3n) is 5.70. The molecule has 4 nitrogen and oxygen atoms in total. The fraction of sp³-hybridized carbons (Fsp3) is 0.700. The average molecular weight is 365 g/mol. The molecule has 0 radical (unpaired) electrons. The molecule has 140 valence electrons. The van der Waals surface area contributed by atoms with E-state index in [-0.39, 0.29) is 16.2 Å². The Morgan fingerprint density at radius 1 is 1.20 bits per heavy atom. The molecule has 1 aliphatic heterocycles. The van der Waals surface area contributed by atoms with Crippen LogP contribution in [-0.2, 0) is 23.4 Å². The molecule has 0 aromatic heterocycles. The minimum atomic E-state index is -1.12. The van der Waals surface area contributed by atoms with Gasteiger partial charge in [-0.1, -0.05) is 18.2 Å². The van der Waals surface area contributed by atoms with Gasteiger partial charge in [-0.2, -0.15) is 0 Å². The normalized spacial score (nSPS) is 24.4. The van der Waals surface area contributed by atoms with Gasteiger partial charge >= 0.3 is 0 Å². The number of nitrogens with one attached hydrogen (secondary N) is 2. The highest BCUT2D eigenvalue weighted by Crippen LogP contribution is 2.52. The first-order valence-corrected chi connectivity index (χ1v) is 10.4. The topological polar surface area (TPSA) is 67.3 Å². The molecular weight excluding hydrogens is 332 g/mol. The lowest BCUT2D eigenvalue weighted by atomic mass is 9.73. The van der Waals surface area contributed by atoms with E-state index < -0.39 is 17.0 Å². The van der Waals surface area contributed by atoms with Crippen LogP contribution in [0.1, 0.15) is 70.2 Å². The van der Waals surface area contributed by atoms with Crippen LogP contribution in [0.5, 0.6) is 0 Å². The Hall–Kier alpha value is -0.590. The van der Waals surface area contributed by atoms with E-state index in [1.807, 2.05) is 40.7 Å². The quantitative estimate of drug-likeness (QED) is 0.722. The molecular formula is C20H32N2O2S. The highest BCUT2D eigenvalue weighted by atomic mass is 32.2. The molecule has 1 fully saturated rings. The fourth-order valence-electron chi connectivity index (χ4n) is 4.08. The average Bonchev–Trinajstić information content (AvgIpc) is 2.79. The summed E-state index contributed by atoms with van der Waals surface area (Å²) in [7, 11) is 0. The maximum atomic E-state index is 12.9. The Balaban J connectivity index is 2.00. The van der Waals surface area contributed by atoms with Crippen molar-refractivity contribution >= 4 is 11.4 Å². The number of hydrogen-bond donors (Lipinski definition) is 3. The molecule has 0 unspecified atom stereocenters. The molecule has 0 bridgehead atoms. The summed E-state index contributed by atoms with van der Waals surface area (Å²) >= 11 is -1.12. The van der Waals surface area contributed by atoms with Crippen molar-refractivity contribution in [3.8, 4) is 0 Å². The summed E-state index contributed by atoms with van der Waals surface area (Å²) in [6.07, 6.45) is 3.19. The first-order chi connectivity index (χ1) is 11.5. The van der Waals surface area contributed by atoms with Gasteiger partial charge in [-0.05, 0) is 83.7 Å². The number of hydrogen-bond acceptors (Lipinski definition) is 4. The molecule has 1 aromatic carbocycles. The van der Waals surface area contributed by atoms with Crippen molar-refractivity contribution in [3.63, 3.8) is 0 Å². The van der Waals surface area contributed by atoms with E-state index in [4.69, 9.17) is 0 Å². The van der Waals surface area contributed by atoms with Crippen LogP contribution in [0, 0.1) is 5.41 Å². The van der Waals surface area contributed by atoms with Crippen LogP contribution in [0.2, 0.25) is 0 Å². The predicted molar refractivity (Wildman–Crippen MR) is 104 cm³/mol. The molecule has 2 atom stereocenters. The van der Waals surface area contributed by atoms with E-state index in [2.05, 4.69) is 22.2 Å². The number of fused-ring (bicyclic) bond motifs is 1. The Morgan fingerprint density at radius 3 is 2.40 bits per heavy atom. The Morgan fingerprint density at radius 2 is 1.84 bits per heavy atom. The second-order valence-electron chi connectivity index (χ2n) is 9.19. The van der Waals surface area contributed by atoms with E-state index in [0.29, 0.717) is 0 Å². The molecule has 1 spiro atoms. The molecule has 1 aliphatic carbocycles. The zero-order valence-electron chi connectivity index (χ0n) is 16.1. The highest BCUT2D eigenvalue weighted by Gasteiger charge is 2.49. The van der Waals surface area contributed by atoms with Crippen molar-refractivity contribution in [2.45, 2.75) is 70.3 Å². The van der Waals surface area contributed by atoms with Crippen molar-refractivity contribution in [1.29, 1.82) is 0 Å². The Bertz CT molecular complexity index is 628. The molecule has 2 aliphatic rings. The summed E-state index contributed by atoms with van der Waals surface area (Å²) in [4.78, 5) is 0. The molecule has 0 amide bonds. The van der Waals surface area contributed by atoms with Gasteiger partial charge in [-0.25, -0.2) is 0 Å². The van der Waals surface area contributed by atoms with Crippen LogP contribution < -0.4 is 10.0 Å². The molecule has 0 saturated carbocycles. The summed E-state index contributed by atoms with van der Waals surface area (Å²) < 4.78 is 16.0. The molecule has 1 heterocycles. The zero-order valence-corrected chi connectivity index (χ0v) is 16.9. The van der Waals surface area contributed by atoms with Gasteiger partial charge in [-0.15, -0.1) is 4.72 Å². The summed E-state index contributed by atoms with van der Waals surface area (Å²) in [5.74, 6) is 0. The van der Waals surface area contributed by atoms with Gasteiger partial charge in [0.1, 0.15) is 4.75 Å². The lowest BCUT2D eigenvalue weighted by Crippen LogP contribution is -2.48. The molecule has 3 rings (SSSR count). The largest absolute Gasteiger partial charge is 0.598 e. The Labute approximate surface area is 155 Å². The third kappa shape index (κ3) is 3.76. The van der Waals surface area contributed by atoms with Gasteiger partial charge in [0.15, 0.2) is 0 Å². The maximum Gasteiger partial charge on any atom is 0.136 e. The van der Waals surface area contributed by atoms with E-state index in [1.165, 1.54) is 11.1 Å². The molecule has 3 N–H and O–H groups in total. The molecule has 25 heavy (non-hydrogen) atoms. The van der Waals surface area contributed by atoms with E-state index in [9.17, 15) is 9.66 Å². The molecule has 5 heteroatoms. The van der Waals surface area contributed by atoms with Crippen LogP contribution in [0.3, 0.4) is 0 Å². The number of rotatable bonds is 3. The Kier molecular flexibility index (Phi) is 5.01. The summed E-state index contributed by atoms with van der Waals surface area (Å²) in [6.45, 7) is 11.7. The molecule has 1 aromatic rings. The standard InChI is InChI=1S/C20H32N2O2S/c1-18(2,3)25(24)22-17-16-12-15(19(4,5)23)7-6-14(16)13-20(17)8-10-21-11-9-20/h6-7,12,17,21-23H,8-11,13H2,1-5H3/t17-,25-/m1/s1. The minimum Gasteiger partial charge on any atom is -0.598 e. The van der Waals surface area contributed by atoms with E-state index in [0.717, 1.165) is 37.9 Å². The zero-order chi connectivity index (χ0) is 18.5. The van der Waals surface area contributed by atoms with Gasteiger partial charge < -0.3 is 15.0 Å². The SMILES string of the molecule is CC(C)(O)c1ccc2c(c1)[C@@H](N[S@+]([O-])C(C)(C)C)C1(CCNCC1)C2. The van der Waals surface area contributed by atoms with Crippen LogP contribution in [0.15, 0.2) is 18.2 Å². The second kappa shape index (κ2) is 6.54. The minimum absolute atomic E-state index is 0.0759. The van der Waals surface area contributed by atoms with Gasteiger partial charge in [-0.3, -0.25) is 0 Å². The number of piperidine rings is 1. The first-order valence-electron chi connectivity index (χ1n) is 9.27. The van der Waals surface area contributed by atoms with E-state index >= 15 is 0 Å². The van der Waals surface area contributed by atoms with Gasteiger partial charge in [0.2, 0.25) is 0 Å². The van der Waals surface area contributed by atoms with Crippen molar-refractivity contribution in [3.05, 3.63) is 34.9 Å². The maximum absolute atomic E-state index is 12.9. The lowest BCUT2D eigenvalue weighted by molar-refractivity contribution is 0.0784. The third-order valence-corrected chi connectivity index (χ3v) is 7.26. The second-order valence-corrected chi connectivity index (χ2v) is 11.2. The summed E-state index contributed by atoms with van der Waals surface area (Å²) in [5.41, 5.74) is 2.72. The summed E-state index contributed by atoms with van der Waals surface area (Å²) in [6, 6.07) is 6.40. The van der Waals surface area contributed by atoms with Crippen LogP contribution >= 0.6 is 0 Å². The van der Waals surface area contributed by atoms with E-state index in [1.54, 1.807) is 0 Å². The van der Waals surface area contributed by atoms with Crippen molar-refractivity contribution < 1.29 is 9.66 Å². The number of benzene rings is 1. The van der Waals surface area contributed by atoms with Crippen LogP contribution in [0.25, 0.3) is 0 Å². The van der Waals surface area contributed by atoms with Crippen molar-refractivity contribution in [2.24, 2.45) is 5.41 Å². The molecule has 1 saturated heterocycles. The fourth-order valence-corrected chi connectivity index (χ4v) is 5.02. The van der Waals surface area contributed by atoms with Crippen molar-refractivity contribution in [2.75, 3.05) is 13.1 Å². The van der Waals surface area contributed by atoms with Crippen molar-refractivity contribution in [1.82, 2.24) is 10.0 Å². The van der Waals surface area contributed by atoms with Crippen LogP contribution in [-0.4, -0.2) is 27.5 Å². The number of aliphatic hydroxyl groups is 1. The first kappa shape index (κ1) is 19.2. The monoisotopic (exact) mass is 364 g/mol. The van der Waals surface area contributed by atoms with Gasteiger partial charge in [0, 0.05) is 16.8 Å². The highest BCUT2D eigenvalue weighted by molar-refractivity contribution is 7.90. The van der Waals surface area contributed by atoms with Gasteiger partial charge in [0.25, 0.3) is 0 Å². The lowest BCUT2D eigenvalue weighted by Gasteiger charge is -2.40. The van der Waals surface area contributed by atoms with Crippen LogP contribution in [0.4, 0.5) is 0 Å².